The van der Waals surface area contributed by atoms with Gasteiger partial charge in [-0.3, -0.25) is 4.40 Å². The highest BCUT2D eigenvalue weighted by atomic mass is 35.5. The van der Waals surface area contributed by atoms with Gasteiger partial charge in [0.15, 0.2) is 5.65 Å². The SMILES string of the molecule is Nc1c(-c2ccc(C3CC3)cc2)nc2c(Cl)cccn12. The minimum Gasteiger partial charge on any atom is -0.383 e. The number of hydrogen-bond donors (Lipinski definition) is 1. The van der Waals surface area contributed by atoms with Gasteiger partial charge in [0.05, 0.1) is 5.02 Å². The predicted octanol–water partition coefficient (Wildman–Crippen LogP) is 4.11. The van der Waals surface area contributed by atoms with E-state index in [1.54, 1.807) is 0 Å². The summed E-state index contributed by atoms with van der Waals surface area (Å²) in [5.41, 5.74) is 10.1. The summed E-state index contributed by atoms with van der Waals surface area (Å²) in [6.07, 6.45) is 4.50. The van der Waals surface area contributed by atoms with Crippen molar-refractivity contribution in [1.29, 1.82) is 0 Å². The zero-order valence-corrected chi connectivity index (χ0v) is 11.6. The molecule has 3 nitrogen and oxygen atoms in total. The molecule has 4 heteroatoms. The van der Waals surface area contributed by atoms with E-state index in [-0.39, 0.29) is 0 Å². The number of nitrogen functional groups attached to an aromatic ring is 1. The fraction of sp³-hybridized carbons (Fsp3) is 0.188. The van der Waals surface area contributed by atoms with Crippen LogP contribution in [0.25, 0.3) is 16.9 Å². The second-order valence-electron chi connectivity index (χ2n) is 5.29. The first kappa shape index (κ1) is 11.8. The van der Waals surface area contributed by atoms with Crippen LogP contribution in [0.1, 0.15) is 24.3 Å². The van der Waals surface area contributed by atoms with Crippen LogP contribution in [0.2, 0.25) is 5.02 Å². The molecule has 1 aliphatic rings. The summed E-state index contributed by atoms with van der Waals surface area (Å²) >= 11 is 6.17. The molecule has 1 saturated carbocycles. The van der Waals surface area contributed by atoms with Crippen molar-refractivity contribution in [3.63, 3.8) is 0 Å². The first-order valence-electron chi connectivity index (χ1n) is 6.76. The van der Waals surface area contributed by atoms with E-state index in [9.17, 15) is 0 Å². The molecule has 0 atom stereocenters. The van der Waals surface area contributed by atoms with Crippen molar-refractivity contribution < 1.29 is 0 Å². The van der Waals surface area contributed by atoms with Crippen molar-refractivity contribution in [2.75, 3.05) is 5.73 Å². The second-order valence-corrected chi connectivity index (χ2v) is 5.70. The van der Waals surface area contributed by atoms with E-state index in [1.807, 2.05) is 22.7 Å². The molecule has 2 heterocycles. The van der Waals surface area contributed by atoms with Crippen LogP contribution in [0.5, 0.6) is 0 Å². The average molecular weight is 284 g/mol. The number of nitrogens with two attached hydrogens (primary N) is 1. The smallest absolute Gasteiger partial charge is 0.157 e. The maximum atomic E-state index is 6.19. The number of rotatable bonds is 2. The van der Waals surface area contributed by atoms with Crippen LogP contribution >= 0.6 is 11.6 Å². The van der Waals surface area contributed by atoms with Gasteiger partial charge in [0.1, 0.15) is 11.5 Å². The summed E-state index contributed by atoms with van der Waals surface area (Å²) in [5, 5.41) is 0.611. The van der Waals surface area contributed by atoms with E-state index in [0.717, 1.165) is 17.2 Å². The monoisotopic (exact) mass is 283 g/mol. The van der Waals surface area contributed by atoms with E-state index in [0.29, 0.717) is 16.5 Å². The van der Waals surface area contributed by atoms with Gasteiger partial charge in [-0.05, 0) is 36.5 Å². The first-order valence-corrected chi connectivity index (χ1v) is 7.14. The normalized spacial score (nSPS) is 14.8. The highest BCUT2D eigenvalue weighted by Crippen LogP contribution is 2.40. The summed E-state index contributed by atoms with van der Waals surface area (Å²) in [4.78, 5) is 4.58. The van der Waals surface area contributed by atoms with E-state index < -0.39 is 0 Å². The quantitative estimate of drug-likeness (QED) is 0.769. The number of benzene rings is 1. The van der Waals surface area contributed by atoms with Crippen molar-refractivity contribution in [1.82, 2.24) is 9.38 Å². The van der Waals surface area contributed by atoms with E-state index in [4.69, 9.17) is 17.3 Å². The molecular weight excluding hydrogens is 270 g/mol. The molecule has 4 rings (SSSR count). The van der Waals surface area contributed by atoms with Crippen molar-refractivity contribution in [3.8, 4) is 11.3 Å². The molecule has 0 unspecified atom stereocenters. The highest BCUT2D eigenvalue weighted by Gasteiger charge is 2.23. The molecule has 0 radical (unpaired) electrons. The van der Waals surface area contributed by atoms with Gasteiger partial charge in [0, 0.05) is 11.8 Å². The Morgan fingerprint density at radius 2 is 1.90 bits per heavy atom. The molecule has 0 saturated heterocycles. The lowest BCUT2D eigenvalue weighted by Crippen LogP contribution is -1.93. The Morgan fingerprint density at radius 3 is 2.55 bits per heavy atom. The Bertz CT molecular complexity index is 785. The summed E-state index contributed by atoms with van der Waals surface area (Å²) in [6, 6.07) is 12.2. The molecule has 1 aliphatic carbocycles. The number of aromatic nitrogens is 2. The standard InChI is InChI=1S/C16H14ClN3/c17-13-2-1-9-20-15(18)14(19-16(13)20)12-7-5-11(6-8-12)10-3-4-10/h1-2,5-10H,3-4,18H2. The maximum absolute atomic E-state index is 6.19. The summed E-state index contributed by atoms with van der Waals surface area (Å²) in [5.74, 6) is 1.39. The fourth-order valence-electron chi connectivity index (χ4n) is 2.59. The highest BCUT2D eigenvalue weighted by molar-refractivity contribution is 6.33. The van der Waals surface area contributed by atoms with Gasteiger partial charge >= 0.3 is 0 Å². The fourth-order valence-corrected chi connectivity index (χ4v) is 2.80. The van der Waals surface area contributed by atoms with Crippen LogP contribution in [0.15, 0.2) is 42.6 Å². The van der Waals surface area contributed by atoms with Gasteiger partial charge in [-0.25, -0.2) is 4.98 Å². The van der Waals surface area contributed by atoms with Crippen molar-refractivity contribution in [3.05, 3.63) is 53.2 Å². The lowest BCUT2D eigenvalue weighted by Gasteiger charge is -2.02. The topological polar surface area (TPSA) is 43.3 Å². The lowest BCUT2D eigenvalue weighted by atomic mass is 10.1. The Kier molecular flexibility index (Phi) is 2.51. The number of hydrogen-bond acceptors (Lipinski definition) is 2. The van der Waals surface area contributed by atoms with Crippen LogP contribution in [-0.2, 0) is 0 Å². The molecule has 3 aromatic rings. The Morgan fingerprint density at radius 1 is 1.15 bits per heavy atom. The zero-order chi connectivity index (χ0) is 13.7. The van der Waals surface area contributed by atoms with E-state index in [1.165, 1.54) is 18.4 Å². The van der Waals surface area contributed by atoms with Crippen LogP contribution in [0, 0.1) is 0 Å². The molecule has 2 N–H and O–H groups in total. The molecule has 20 heavy (non-hydrogen) atoms. The zero-order valence-electron chi connectivity index (χ0n) is 10.9. The van der Waals surface area contributed by atoms with Crippen molar-refractivity contribution in [2.24, 2.45) is 0 Å². The van der Waals surface area contributed by atoms with E-state index >= 15 is 0 Å². The molecule has 1 fully saturated rings. The number of fused-ring (bicyclic) bond motifs is 1. The van der Waals surface area contributed by atoms with Gasteiger partial charge in [0.25, 0.3) is 0 Å². The van der Waals surface area contributed by atoms with E-state index in [2.05, 4.69) is 29.2 Å². The van der Waals surface area contributed by atoms with Gasteiger partial charge in [-0.15, -0.1) is 0 Å². The van der Waals surface area contributed by atoms with Crippen molar-refractivity contribution >= 4 is 23.1 Å². The third kappa shape index (κ3) is 1.78. The number of halogens is 1. The molecular formula is C16H14ClN3. The third-order valence-corrected chi connectivity index (χ3v) is 4.17. The summed E-state index contributed by atoms with van der Waals surface area (Å²) in [6.45, 7) is 0. The Hall–Kier alpha value is -2.00. The average Bonchev–Trinajstić information content (AvgIpc) is 3.25. The Labute approximate surface area is 122 Å². The summed E-state index contributed by atoms with van der Waals surface area (Å²) < 4.78 is 1.83. The molecule has 0 spiro atoms. The molecule has 0 bridgehead atoms. The predicted molar refractivity (Wildman–Crippen MR) is 82.0 cm³/mol. The van der Waals surface area contributed by atoms with Crippen LogP contribution < -0.4 is 5.73 Å². The number of anilines is 1. The number of nitrogens with zero attached hydrogens (tertiary/aromatic N) is 2. The molecule has 2 aromatic heterocycles. The Balaban J connectivity index is 1.84. The van der Waals surface area contributed by atoms with Crippen LogP contribution in [0.4, 0.5) is 5.82 Å². The van der Waals surface area contributed by atoms with Gasteiger partial charge in [0.2, 0.25) is 0 Å². The minimum absolute atomic E-state index is 0.611. The first-order chi connectivity index (χ1) is 9.74. The molecule has 100 valence electrons. The second kappa shape index (κ2) is 4.25. The molecule has 0 amide bonds. The number of pyridine rings is 1. The maximum Gasteiger partial charge on any atom is 0.157 e. The van der Waals surface area contributed by atoms with Gasteiger partial charge < -0.3 is 5.73 Å². The molecule has 0 aliphatic heterocycles. The largest absolute Gasteiger partial charge is 0.383 e. The minimum atomic E-state index is 0.611. The molecule has 1 aromatic carbocycles. The lowest BCUT2D eigenvalue weighted by molar-refractivity contribution is 1.13. The van der Waals surface area contributed by atoms with Gasteiger partial charge in [-0.1, -0.05) is 35.9 Å². The third-order valence-electron chi connectivity index (χ3n) is 3.87. The number of imidazole rings is 1. The van der Waals surface area contributed by atoms with Crippen LogP contribution in [0.3, 0.4) is 0 Å². The van der Waals surface area contributed by atoms with Gasteiger partial charge in [-0.2, -0.15) is 0 Å². The van der Waals surface area contributed by atoms with Crippen molar-refractivity contribution in [2.45, 2.75) is 18.8 Å². The van der Waals surface area contributed by atoms with Crippen LogP contribution in [-0.4, -0.2) is 9.38 Å². The summed E-state index contributed by atoms with van der Waals surface area (Å²) in [7, 11) is 0.